The number of ether oxygens (including phenoxy) is 1. The number of hydrogen-bond donors (Lipinski definition) is 2. The van der Waals surface area contributed by atoms with Crippen molar-refractivity contribution in [3.63, 3.8) is 0 Å². The van der Waals surface area contributed by atoms with Crippen LogP contribution in [0, 0.1) is 0 Å². The van der Waals surface area contributed by atoms with Crippen LogP contribution < -0.4 is 14.6 Å². The minimum absolute atomic E-state index is 0.0179. The molecule has 1 heterocycles. The second-order valence-electron chi connectivity index (χ2n) is 6.90. The van der Waals surface area contributed by atoms with E-state index in [2.05, 4.69) is 9.62 Å². The van der Waals surface area contributed by atoms with Gasteiger partial charge in [-0.25, -0.2) is 26.7 Å². The fraction of sp³-hybridized carbons (Fsp3) is 0.368. The molecule has 1 aliphatic rings. The molecule has 0 spiro atoms. The molecule has 2 aromatic rings. The predicted octanol–water partition coefficient (Wildman–Crippen LogP) is 1.46. The molecular weight excluding hydrogens is 414 g/mol. The molecule has 1 aliphatic heterocycles. The number of benzene rings is 2. The summed E-state index contributed by atoms with van der Waals surface area (Å²) in [5.41, 5.74) is 0.971. The number of rotatable bonds is 8. The largest absolute Gasteiger partial charge is 0.497 e. The summed E-state index contributed by atoms with van der Waals surface area (Å²) in [6.07, 6.45) is 2.14. The van der Waals surface area contributed by atoms with Gasteiger partial charge in [-0.3, -0.25) is 4.90 Å². The lowest BCUT2D eigenvalue weighted by molar-refractivity contribution is 0.246. The molecule has 29 heavy (non-hydrogen) atoms. The third kappa shape index (κ3) is 5.34. The van der Waals surface area contributed by atoms with E-state index in [0.29, 0.717) is 5.75 Å². The molecule has 0 amide bonds. The molecular formula is C19H25N3O5S2. The van der Waals surface area contributed by atoms with Crippen LogP contribution in [0.3, 0.4) is 0 Å². The summed E-state index contributed by atoms with van der Waals surface area (Å²) in [6.45, 7) is 1.98. The molecule has 10 heteroatoms. The maximum absolute atomic E-state index is 12.7. The van der Waals surface area contributed by atoms with Crippen LogP contribution in [0.15, 0.2) is 58.3 Å². The Kier molecular flexibility index (Phi) is 6.59. The summed E-state index contributed by atoms with van der Waals surface area (Å²) in [5, 5.41) is 5.06. The smallest absolute Gasteiger partial charge is 0.240 e. The Morgan fingerprint density at radius 3 is 2.24 bits per heavy atom. The molecule has 1 fully saturated rings. The highest BCUT2D eigenvalue weighted by molar-refractivity contribution is 7.89. The molecule has 1 saturated heterocycles. The van der Waals surface area contributed by atoms with Crippen molar-refractivity contribution in [2.24, 2.45) is 5.14 Å². The van der Waals surface area contributed by atoms with Crippen LogP contribution in [-0.2, 0) is 20.0 Å². The molecule has 2 aromatic carbocycles. The fourth-order valence-corrected chi connectivity index (χ4v) is 4.99. The second kappa shape index (κ2) is 8.80. The average Bonchev–Trinajstić information content (AvgIpc) is 3.22. The van der Waals surface area contributed by atoms with Gasteiger partial charge in [-0.1, -0.05) is 12.1 Å². The van der Waals surface area contributed by atoms with Crippen LogP contribution in [0.1, 0.15) is 24.4 Å². The van der Waals surface area contributed by atoms with Crippen molar-refractivity contribution >= 4 is 20.0 Å². The quantitative estimate of drug-likeness (QED) is 0.643. The number of nitrogens with two attached hydrogens (primary N) is 1. The highest BCUT2D eigenvalue weighted by Crippen LogP contribution is 2.27. The van der Waals surface area contributed by atoms with Gasteiger partial charge in [0.1, 0.15) is 5.75 Å². The molecule has 0 aliphatic carbocycles. The predicted molar refractivity (Wildman–Crippen MR) is 110 cm³/mol. The van der Waals surface area contributed by atoms with Crippen LogP contribution in [-0.4, -0.2) is 48.5 Å². The summed E-state index contributed by atoms with van der Waals surface area (Å²) < 4.78 is 56.1. The molecule has 0 radical (unpaired) electrons. The van der Waals surface area contributed by atoms with Crippen LogP contribution in [0.5, 0.6) is 5.75 Å². The van der Waals surface area contributed by atoms with Crippen LogP contribution >= 0.6 is 0 Å². The van der Waals surface area contributed by atoms with Gasteiger partial charge in [0.25, 0.3) is 0 Å². The van der Waals surface area contributed by atoms with E-state index < -0.39 is 20.0 Å². The van der Waals surface area contributed by atoms with Crippen molar-refractivity contribution in [2.75, 3.05) is 26.7 Å². The number of hydrogen-bond acceptors (Lipinski definition) is 6. The lowest BCUT2D eigenvalue weighted by Crippen LogP contribution is -2.36. The number of primary sulfonamides is 1. The van der Waals surface area contributed by atoms with Crippen LogP contribution in [0.25, 0.3) is 0 Å². The van der Waals surface area contributed by atoms with Crippen molar-refractivity contribution in [3.8, 4) is 5.75 Å². The molecule has 8 nitrogen and oxygen atoms in total. The third-order valence-electron chi connectivity index (χ3n) is 4.99. The van der Waals surface area contributed by atoms with Gasteiger partial charge in [0.2, 0.25) is 20.0 Å². The normalized spacial score (nSPS) is 16.6. The molecule has 3 N–H and O–H groups in total. The molecule has 0 unspecified atom stereocenters. The summed E-state index contributed by atoms with van der Waals surface area (Å²) in [4.78, 5) is 2.10. The highest BCUT2D eigenvalue weighted by atomic mass is 32.2. The van der Waals surface area contributed by atoms with Crippen LogP contribution in [0.4, 0.5) is 0 Å². The zero-order valence-electron chi connectivity index (χ0n) is 16.1. The number of nitrogens with one attached hydrogen (secondary N) is 1. The minimum atomic E-state index is -3.88. The SMILES string of the molecule is COc1cccc([C@@H](CNS(=O)(=O)c2ccc(S(N)(=O)=O)cc2)N2CCCC2)c1. The van der Waals surface area contributed by atoms with E-state index in [1.54, 1.807) is 7.11 Å². The lowest BCUT2D eigenvalue weighted by atomic mass is 10.1. The van der Waals surface area contributed by atoms with E-state index >= 15 is 0 Å². The Morgan fingerprint density at radius 2 is 1.66 bits per heavy atom. The lowest BCUT2D eigenvalue weighted by Gasteiger charge is -2.28. The first-order valence-corrected chi connectivity index (χ1v) is 12.2. The van der Waals surface area contributed by atoms with Gasteiger partial charge in [0.05, 0.1) is 16.9 Å². The number of sulfonamides is 2. The van der Waals surface area contributed by atoms with E-state index in [1.807, 2.05) is 24.3 Å². The molecule has 0 bridgehead atoms. The molecule has 0 saturated carbocycles. The van der Waals surface area contributed by atoms with Gasteiger partial charge in [0, 0.05) is 12.6 Å². The van der Waals surface area contributed by atoms with Crippen LogP contribution in [0.2, 0.25) is 0 Å². The maximum Gasteiger partial charge on any atom is 0.240 e. The van der Waals surface area contributed by atoms with Crippen molar-refractivity contribution < 1.29 is 21.6 Å². The van der Waals surface area contributed by atoms with Gasteiger partial charge < -0.3 is 4.74 Å². The van der Waals surface area contributed by atoms with Gasteiger partial charge >= 0.3 is 0 Å². The third-order valence-corrected chi connectivity index (χ3v) is 7.36. The highest BCUT2D eigenvalue weighted by Gasteiger charge is 2.26. The zero-order chi connectivity index (χ0) is 21.1. The monoisotopic (exact) mass is 439 g/mol. The fourth-order valence-electron chi connectivity index (χ4n) is 3.44. The maximum atomic E-state index is 12.7. The molecule has 3 rings (SSSR count). The minimum Gasteiger partial charge on any atom is -0.497 e. The van der Waals surface area contributed by atoms with E-state index in [0.717, 1.165) is 31.5 Å². The summed E-state index contributed by atoms with van der Waals surface area (Å²) in [5.74, 6) is 0.716. The summed E-state index contributed by atoms with van der Waals surface area (Å²) in [6, 6.07) is 12.3. The van der Waals surface area contributed by atoms with Gasteiger partial charge in [-0.05, 0) is 67.9 Å². The second-order valence-corrected chi connectivity index (χ2v) is 10.2. The Hall–Kier alpha value is -1.98. The van der Waals surface area contributed by atoms with Gasteiger partial charge in [0.15, 0.2) is 0 Å². The van der Waals surface area contributed by atoms with Gasteiger partial charge in [-0.2, -0.15) is 0 Å². The standard InChI is InChI=1S/C19H25N3O5S2/c1-27-16-6-4-5-15(13-16)19(22-11-2-3-12-22)14-21-29(25,26)18-9-7-17(8-10-18)28(20,23)24/h4-10,13,19,21H,2-3,11-12,14H2,1H3,(H2,20,23,24)/t19-/m1/s1. The first-order valence-electron chi connectivity index (χ1n) is 9.21. The van der Waals surface area contributed by atoms with Crippen molar-refractivity contribution in [1.29, 1.82) is 0 Å². The first-order chi connectivity index (χ1) is 13.7. The van der Waals surface area contributed by atoms with E-state index in [1.165, 1.54) is 24.3 Å². The number of likely N-dealkylation sites (tertiary alicyclic amines) is 1. The van der Waals surface area contributed by atoms with Gasteiger partial charge in [-0.15, -0.1) is 0 Å². The molecule has 158 valence electrons. The Bertz CT molecular complexity index is 1050. The number of nitrogens with zero attached hydrogens (tertiary/aromatic N) is 1. The first kappa shape index (κ1) is 21.7. The Balaban J connectivity index is 1.80. The number of methoxy groups -OCH3 is 1. The Labute approximate surface area is 171 Å². The van der Waals surface area contributed by atoms with E-state index in [-0.39, 0.29) is 22.4 Å². The van der Waals surface area contributed by atoms with E-state index in [4.69, 9.17) is 9.88 Å². The zero-order valence-corrected chi connectivity index (χ0v) is 17.7. The van der Waals surface area contributed by atoms with Crippen molar-refractivity contribution in [2.45, 2.75) is 28.7 Å². The molecule has 0 aromatic heterocycles. The summed E-state index contributed by atoms with van der Waals surface area (Å²) in [7, 11) is -6.10. The molecule has 1 atom stereocenters. The summed E-state index contributed by atoms with van der Waals surface area (Å²) >= 11 is 0. The van der Waals surface area contributed by atoms with E-state index in [9.17, 15) is 16.8 Å². The topological polar surface area (TPSA) is 119 Å². The van der Waals surface area contributed by atoms with Crippen molar-refractivity contribution in [3.05, 3.63) is 54.1 Å². The Morgan fingerprint density at radius 1 is 1.03 bits per heavy atom. The average molecular weight is 440 g/mol. The van der Waals surface area contributed by atoms with Crippen molar-refractivity contribution in [1.82, 2.24) is 9.62 Å².